The smallest absolute Gasteiger partial charge is 0.354 e. The Morgan fingerprint density at radius 1 is 1.44 bits per heavy atom. The van der Waals surface area contributed by atoms with Crippen LogP contribution in [0.4, 0.5) is 5.82 Å². The first kappa shape index (κ1) is 12.4. The van der Waals surface area contributed by atoms with Crippen molar-refractivity contribution < 1.29 is 15.0 Å². The second kappa shape index (κ2) is 6.07. The second-order valence-corrected chi connectivity index (χ2v) is 3.40. The van der Waals surface area contributed by atoms with Gasteiger partial charge < -0.3 is 15.1 Å². The minimum atomic E-state index is -1.04. The van der Waals surface area contributed by atoms with Gasteiger partial charge in [-0.3, -0.25) is 0 Å². The van der Waals surface area contributed by atoms with Gasteiger partial charge in [-0.05, 0) is 18.6 Å². The first-order valence-electron chi connectivity index (χ1n) is 5.25. The zero-order chi connectivity index (χ0) is 12.0. The van der Waals surface area contributed by atoms with Gasteiger partial charge in [0.25, 0.3) is 0 Å². The molecule has 0 spiro atoms. The standard InChI is InChI=1S/C11H16N2O3/c1-2-6-13(7-8-14)10-5-3-4-9(12-10)11(15)16/h3-5,14H,2,6-8H2,1H3,(H,15,16). The number of anilines is 1. The predicted molar refractivity (Wildman–Crippen MR) is 60.8 cm³/mol. The van der Waals surface area contributed by atoms with Crippen LogP contribution in [-0.4, -0.2) is 40.9 Å². The number of carbonyl (C=O) groups is 1. The van der Waals surface area contributed by atoms with E-state index in [9.17, 15) is 4.79 Å². The van der Waals surface area contributed by atoms with Crippen LogP contribution in [0.1, 0.15) is 23.8 Å². The molecule has 0 aliphatic heterocycles. The van der Waals surface area contributed by atoms with Crippen LogP contribution in [0.15, 0.2) is 18.2 Å². The first-order chi connectivity index (χ1) is 7.69. The maximum atomic E-state index is 10.8. The normalized spacial score (nSPS) is 10.1. The van der Waals surface area contributed by atoms with E-state index in [2.05, 4.69) is 4.98 Å². The van der Waals surface area contributed by atoms with Gasteiger partial charge >= 0.3 is 5.97 Å². The third kappa shape index (κ3) is 3.20. The molecule has 0 aliphatic carbocycles. The monoisotopic (exact) mass is 224 g/mol. The Labute approximate surface area is 94.4 Å². The van der Waals surface area contributed by atoms with Gasteiger partial charge in [0.1, 0.15) is 5.82 Å². The molecule has 0 bridgehead atoms. The average Bonchev–Trinajstić information content (AvgIpc) is 2.29. The molecule has 1 aromatic heterocycles. The molecule has 88 valence electrons. The van der Waals surface area contributed by atoms with Gasteiger partial charge in [-0.1, -0.05) is 13.0 Å². The van der Waals surface area contributed by atoms with Gasteiger partial charge in [-0.15, -0.1) is 0 Å². The van der Waals surface area contributed by atoms with E-state index in [1.807, 2.05) is 11.8 Å². The number of nitrogens with zero attached hydrogens (tertiary/aromatic N) is 2. The van der Waals surface area contributed by atoms with Crippen LogP contribution >= 0.6 is 0 Å². The third-order valence-corrected chi connectivity index (χ3v) is 2.14. The summed E-state index contributed by atoms with van der Waals surface area (Å²) in [6, 6.07) is 4.86. The van der Waals surface area contributed by atoms with Crippen molar-refractivity contribution in [2.75, 3.05) is 24.6 Å². The summed E-state index contributed by atoms with van der Waals surface area (Å²) in [6.45, 7) is 3.25. The van der Waals surface area contributed by atoms with E-state index < -0.39 is 5.97 Å². The van der Waals surface area contributed by atoms with E-state index in [-0.39, 0.29) is 12.3 Å². The summed E-state index contributed by atoms with van der Waals surface area (Å²) in [5.41, 5.74) is 0.0246. The number of carboxylic acid groups (broad SMARTS) is 1. The highest BCUT2D eigenvalue weighted by Gasteiger charge is 2.09. The largest absolute Gasteiger partial charge is 0.477 e. The number of hydrogen-bond donors (Lipinski definition) is 2. The van der Waals surface area contributed by atoms with Crippen molar-refractivity contribution in [1.29, 1.82) is 0 Å². The van der Waals surface area contributed by atoms with Gasteiger partial charge in [0.05, 0.1) is 6.61 Å². The van der Waals surface area contributed by atoms with E-state index in [0.717, 1.165) is 13.0 Å². The summed E-state index contributed by atoms with van der Waals surface area (Å²) in [5, 5.41) is 17.7. The van der Waals surface area contributed by atoms with Crippen molar-refractivity contribution in [3.05, 3.63) is 23.9 Å². The number of hydrogen-bond acceptors (Lipinski definition) is 4. The number of aliphatic hydroxyl groups is 1. The van der Waals surface area contributed by atoms with E-state index in [4.69, 9.17) is 10.2 Å². The summed E-state index contributed by atoms with van der Waals surface area (Å²) in [7, 11) is 0. The van der Waals surface area contributed by atoms with Gasteiger partial charge in [0, 0.05) is 13.1 Å². The van der Waals surface area contributed by atoms with Crippen molar-refractivity contribution in [3.63, 3.8) is 0 Å². The number of aliphatic hydroxyl groups excluding tert-OH is 1. The molecule has 5 heteroatoms. The zero-order valence-corrected chi connectivity index (χ0v) is 9.26. The lowest BCUT2D eigenvalue weighted by molar-refractivity contribution is 0.0690. The van der Waals surface area contributed by atoms with Gasteiger partial charge in [-0.25, -0.2) is 9.78 Å². The topological polar surface area (TPSA) is 73.7 Å². The SMILES string of the molecule is CCCN(CCO)c1cccc(C(=O)O)n1. The summed E-state index contributed by atoms with van der Waals surface area (Å²) in [5.74, 6) is -0.446. The van der Waals surface area contributed by atoms with Crippen molar-refractivity contribution in [1.82, 2.24) is 4.98 Å². The molecule has 0 saturated carbocycles. The summed E-state index contributed by atoms with van der Waals surface area (Å²) < 4.78 is 0. The van der Waals surface area contributed by atoms with Crippen LogP contribution < -0.4 is 4.90 Å². The average molecular weight is 224 g/mol. The van der Waals surface area contributed by atoms with E-state index in [1.54, 1.807) is 12.1 Å². The maximum Gasteiger partial charge on any atom is 0.354 e. The van der Waals surface area contributed by atoms with Crippen LogP contribution in [0.5, 0.6) is 0 Å². The fraction of sp³-hybridized carbons (Fsp3) is 0.455. The molecule has 0 fully saturated rings. The van der Waals surface area contributed by atoms with Crippen molar-refractivity contribution in [2.45, 2.75) is 13.3 Å². The summed E-state index contributed by atoms with van der Waals surface area (Å²) in [4.78, 5) is 16.7. The van der Waals surface area contributed by atoms with E-state index in [0.29, 0.717) is 12.4 Å². The highest BCUT2D eigenvalue weighted by atomic mass is 16.4. The fourth-order valence-corrected chi connectivity index (χ4v) is 1.45. The predicted octanol–water partition coefficient (Wildman–Crippen LogP) is 0.989. The number of aromatic carboxylic acids is 1. The van der Waals surface area contributed by atoms with Crippen LogP contribution in [0.3, 0.4) is 0 Å². The molecule has 1 rings (SSSR count). The van der Waals surface area contributed by atoms with E-state index >= 15 is 0 Å². The Morgan fingerprint density at radius 2 is 2.19 bits per heavy atom. The minimum Gasteiger partial charge on any atom is -0.477 e. The molecule has 0 unspecified atom stereocenters. The Balaban J connectivity index is 2.90. The molecular formula is C11H16N2O3. The lowest BCUT2D eigenvalue weighted by Crippen LogP contribution is -2.28. The molecule has 0 saturated heterocycles. The number of pyridine rings is 1. The zero-order valence-electron chi connectivity index (χ0n) is 9.26. The summed E-state index contributed by atoms with van der Waals surface area (Å²) >= 11 is 0. The number of carboxylic acids is 1. The van der Waals surface area contributed by atoms with Crippen molar-refractivity contribution in [3.8, 4) is 0 Å². The van der Waals surface area contributed by atoms with Crippen molar-refractivity contribution >= 4 is 11.8 Å². The Bertz CT molecular complexity index is 349. The third-order valence-electron chi connectivity index (χ3n) is 2.14. The molecule has 1 aromatic rings. The molecule has 16 heavy (non-hydrogen) atoms. The first-order valence-corrected chi connectivity index (χ1v) is 5.25. The van der Waals surface area contributed by atoms with Gasteiger partial charge in [0.2, 0.25) is 0 Å². The van der Waals surface area contributed by atoms with Crippen LogP contribution in [0.2, 0.25) is 0 Å². The highest BCUT2D eigenvalue weighted by Crippen LogP contribution is 2.11. The van der Waals surface area contributed by atoms with Crippen molar-refractivity contribution in [2.24, 2.45) is 0 Å². The van der Waals surface area contributed by atoms with Crippen LogP contribution in [-0.2, 0) is 0 Å². The Morgan fingerprint density at radius 3 is 2.75 bits per heavy atom. The fourth-order valence-electron chi connectivity index (χ4n) is 1.45. The van der Waals surface area contributed by atoms with E-state index in [1.165, 1.54) is 6.07 Å². The van der Waals surface area contributed by atoms with Crippen LogP contribution in [0, 0.1) is 0 Å². The minimum absolute atomic E-state index is 0.0246. The number of aromatic nitrogens is 1. The molecule has 0 radical (unpaired) electrons. The quantitative estimate of drug-likeness (QED) is 0.753. The van der Waals surface area contributed by atoms with Gasteiger partial charge in [-0.2, -0.15) is 0 Å². The molecule has 1 heterocycles. The number of rotatable bonds is 6. The Kier molecular flexibility index (Phi) is 4.72. The maximum absolute atomic E-state index is 10.8. The Hall–Kier alpha value is -1.62. The molecule has 0 amide bonds. The van der Waals surface area contributed by atoms with Crippen LogP contribution in [0.25, 0.3) is 0 Å². The lowest BCUT2D eigenvalue weighted by atomic mass is 10.3. The summed E-state index contributed by atoms with van der Waals surface area (Å²) in [6.07, 6.45) is 0.916. The second-order valence-electron chi connectivity index (χ2n) is 3.40. The highest BCUT2D eigenvalue weighted by molar-refractivity contribution is 5.85. The molecular weight excluding hydrogens is 208 g/mol. The molecule has 2 N–H and O–H groups in total. The molecule has 0 aliphatic rings. The lowest BCUT2D eigenvalue weighted by Gasteiger charge is -2.22. The van der Waals surface area contributed by atoms with Gasteiger partial charge in [0.15, 0.2) is 5.69 Å². The molecule has 0 atom stereocenters. The molecule has 0 aromatic carbocycles. The molecule has 5 nitrogen and oxygen atoms in total.